The average molecular weight is 292 g/mol. The molecule has 1 aromatic heterocycles. The standard InChI is InChI=1S/C17H32N4/c1-5-18-15(14-16-19-10-13-20(16)6-2)17(3,4)21-11-8-7-9-12-21/h10,13,15,18H,5-9,11-12,14H2,1-4H3. The fourth-order valence-electron chi connectivity index (χ4n) is 3.51. The van der Waals surface area contributed by atoms with Crippen molar-refractivity contribution < 1.29 is 0 Å². The molecule has 0 bridgehead atoms. The van der Waals surface area contributed by atoms with Gasteiger partial charge in [0.1, 0.15) is 5.82 Å². The third kappa shape index (κ3) is 3.86. The molecule has 1 unspecified atom stereocenters. The van der Waals surface area contributed by atoms with Gasteiger partial charge in [-0.3, -0.25) is 4.90 Å². The minimum absolute atomic E-state index is 0.168. The minimum atomic E-state index is 0.168. The highest BCUT2D eigenvalue weighted by atomic mass is 15.2. The molecule has 0 spiro atoms. The maximum Gasteiger partial charge on any atom is 0.110 e. The smallest absolute Gasteiger partial charge is 0.110 e. The van der Waals surface area contributed by atoms with E-state index in [-0.39, 0.29) is 5.54 Å². The summed E-state index contributed by atoms with van der Waals surface area (Å²) in [7, 11) is 0. The van der Waals surface area contributed by atoms with E-state index in [1.807, 2.05) is 6.20 Å². The van der Waals surface area contributed by atoms with Gasteiger partial charge < -0.3 is 9.88 Å². The molecule has 1 aromatic rings. The summed E-state index contributed by atoms with van der Waals surface area (Å²) in [5.41, 5.74) is 0.168. The van der Waals surface area contributed by atoms with E-state index in [2.05, 4.69) is 53.7 Å². The van der Waals surface area contributed by atoms with Crippen LogP contribution < -0.4 is 5.32 Å². The van der Waals surface area contributed by atoms with Gasteiger partial charge in [-0.1, -0.05) is 13.3 Å². The van der Waals surface area contributed by atoms with Gasteiger partial charge in [0, 0.05) is 36.9 Å². The van der Waals surface area contributed by atoms with E-state index in [9.17, 15) is 0 Å². The lowest BCUT2D eigenvalue weighted by atomic mass is 9.87. The van der Waals surface area contributed by atoms with Crippen LogP contribution in [0.25, 0.3) is 0 Å². The minimum Gasteiger partial charge on any atom is -0.335 e. The number of imidazole rings is 1. The van der Waals surface area contributed by atoms with Crippen molar-refractivity contribution in [2.75, 3.05) is 19.6 Å². The summed E-state index contributed by atoms with van der Waals surface area (Å²) in [6.07, 6.45) is 9.08. The fourth-order valence-corrected chi connectivity index (χ4v) is 3.51. The van der Waals surface area contributed by atoms with Gasteiger partial charge in [0.25, 0.3) is 0 Å². The zero-order valence-corrected chi connectivity index (χ0v) is 14.2. The molecule has 2 heterocycles. The van der Waals surface area contributed by atoms with Gasteiger partial charge in [0.05, 0.1) is 0 Å². The summed E-state index contributed by atoms with van der Waals surface area (Å²) in [5, 5.41) is 3.71. The third-order valence-electron chi connectivity index (χ3n) is 5.00. The predicted molar refractivity (Wildman–Crippen MR) is 88.6 cm³/mol. The van der Waals surface area contributed by atoms with Crippen LogP contribution in [0.3, 0.4) is 0 Å². The monoisotopic (exact) mass is 292 g/mol. The van der Waals surface area contributed by atoms with Gasteiger partial charge >= 0.3 is 0 Å². The number of likely N-dealkylation sites (tertiary alicyclic amines) is 1. The molecule has 1 aliphatic heterocycles. The zero-order chi connectivity index (χ0) is 15.3. The highest BCUT2D eigenvalue weighted by Crippen LogP contribution is 2.25. The van der Waals surface area contributed by atoms with Crippen molar-refractivity contribution in [1.82, 2.24) is 19.8 Å². The average Bonchev–Trinajstić information content (AvgIpc) is 2.95. The Morgan fingerprint density at radius 3 is 2.57 bits per heavy atom. The summed E-state index contributed by atoms with van der Waals surface area (Å²) in [6.45, 7) is 13.6. The number of aryl methyl sites for hydroxylation is 1. The Morgan fingerprint density at radius 1 is 1.24 bits per heavy atom. The second kappa shape index (κ2) is 7.41. The molecule has 4 heteroatoms. The van der Waals surface area contributed by atoms with Crippen LogP contribution >= 0.6 is 0 Å². The molecule has 1 aliphatic rings. The lowest BCUT2D eigenvalue weighted by Gasteiger charge is -2.46. The van der Waals surface area contributed by atoms with Crippen LogP contribution in [-0.4, -0.2) is 45.7 Å². The number of rotatable bonds is 7. The van der Waals surface area contributed by atoms with E-state index in [0.717, 1.165) is 19.5 Å². The fraction of sp³-hybridized carbons (Fsp3) is 0.824. The first-order valence-electron chi connectivity index (χ1n) is 8.58. The highest BCUT2D eigenvalue weighted by molar-refractivity contribution is 5.03. The number of nitrogens with zero attached hydrogens (tertiary/aromatic N) is 3. The van der Waals surface area contributed by atoms with Gasteiger partial charge in [0.15, 0.2) is 0 Å². The summed E-state index contributed by atoms with van der Waals surface area (Å²) in [4.78, 5) is 7.24. The van der Waals surface area contributed by atoms with E-state index >= 15 is 0 Å². The van der Waals surface area contributed by atoms with Crippen molar-refractivity contribution >= 4 is 0 Å². The van der Waals surface area contributed by atoms with Crippen molar-refractivity contribution in [2.24, 2.45) is 0 Å². The second-order valence-corrected chi connectivity index (χ2v) is 6.65. The summed E-state index contributed by atoms with van der Waals surface area (Å²) < 4.78 is 2.26. The van der Waals surface area contributed by atoms with Gasteiger partial charge in [-0.15, -0.1) is 0 Å². The van der Waals surface area contributed by atoms with E-state index in [1.165, 1.54) is 38.2 Å². The molecule has 2 rings (SSSR count). The van der Waals surface area contributed by atoms with Gasteiger partial charge in [-0.05, 0) is 53.2 Å². The maximum atomic E-state index is 4.57. The van der Waals surface area contributed by atoms with Gasteiger partial charge in [0.2, 0.25) is 0 Å². The topological polar surface area (TPSA) is 33.1 Å². The largest absolute Gasteiger partial charge is 0.335 e. The van der Waals surface area contributed by atoms with Crippen molar-refractivity contribution in [3.05, 3.63) is 18.2 Å². The van der Waals surface area contributed by atoms with Crippen LogP contribution in [-0.2, 0) is 13.0 Å². The van der Waals surface area contributed by atoms with E-state index in [1.54, 1.807) is 0 Å². The first-order valence-corrected chi connectivity index (χ1v) is 8.58. The molecule has 0 aromatic carbocycles. The van der Waals surface area contributed by atoms with Crippen LogP contribution in [0, 0.1) is 0 Å². The van der Waals surface area contributed by atoms with Crippen LogP contribution in [0.4, 0.5) is 0 Å². The Bertz CT molecular complexity index is 418. The molecule has 1 fully saturated rings. The van der Waals surface area contributed by atoms with Gasteiger partial charge in [-0.25, -0.2) is 4.98 Å². The van der Waals surface area contributed by atoms with E-state index in [0.29, 0.717) is 6.04 Å². The van der Waals surface area contributed by atoms with Crippen molar-refractivity contribution in [1.29, 1.82) is 0 Å². The number of aromatic nitrogens is 2. The summed E-state index contributed by atoms with van der Waals surface area (Å²) in [6, 6.07) is 0.438. The Hall–Kier alpha value is -0.870. The molecule has 0 amide bonds. The van der Waals surface area contributed by atoms with E-state index in [4.69, 9.17) is 0 Å². The molecule has 1 N–H and O–H groups in total. The van der Waals surface area contributed by atoms with E-state index < -0.39 is 0 Å². The summed E-state index contributed by atoms with van der Waals surface area (Å²) >= 11 is 0. The molecule has 120 valence electrons. The number of likely N-dealkylation sites (N-methyl/N-ethyl adjacent to an activating group) is 1. The van der Waals surface area contributed by atoms with Crippen LogP contribution in [0.5, 0.6) is 0 Å². The Balaban J connectivity index is 2.12. The number of hydrogen-bond donors (Lipinski definition) is 1. The Morgan fingerprint density at radius 2 is 1.95 bits per heavy atom. The Kier molecular flexibility index (Phi) is 5.82. The molecular formula is C17H32N4. The normalized spacial score (nSPS) is 18.9. The second-order valence-electron chi connectivity index (χ2n) is 6.65. The molecular weight excluding hydrogens is 260 g/mol. The zero-order valence-electron chi connectivity index (χ0n) is 14.2. The third-order valence-corrected chi connectivity index (χ3v) is 5.00. The lowest BCUT2D eigenvalue weighted by molar-refractivity contribution is 0.0607. The first-order chi connectivity index (χ1) is 10.1. The lowest BCUT2D eigenvalue weighted by Crippen LogP contribution is -2.60. The quantitative estimate of drug-likeness (QED) is 0.839. The maximum absolute atomic E-state index is 4.57. The molecule has 1 atom stereocenters. The van der Waals surface area contributed by atoms with Crippen molar-refractivity contribution in [3.63, 3.8) is 0 Å². The molecule has 1 saturated heterocycles. The van der Waals surface area contributed by atoms with Crippen molar-refractivity contribution in [2.45, 2.75) is 71.5 Å². The Labute approximate surface area is 129 Å². The predicted octanol–water partition coefficient (Wildman–Crippen LogP) is 2.69. The number of nitrogens with one attached hydrogen (secondary N) is 1. The van der Waals surface area contributed by atoms with Crippen LogP contribution in [0.1, 0.15) is 52.8 Å². The number of hydrogen-bond acceptors (Lipinski definition) is 3. The van der Waals surface area contributed by atoms with Crippen LogP contribution in [0.15, 0.2) is 12.4 Å². The summed E-state index contributed by atoms with van der Waals surface area (Å²) in [5.74, 6) is 1.20. The SMILES string of the molecule is CCNC(Cc1nccn1CC)C(C)(C)N1CCCCC1. The first kappa shape index (κ1) is 16.5. The van der Waals surface area contributed by atoms with Crippen molar-refractivity contribution in [3.8, 4) is 0 Å². The molecule has 0 saturated carbocycles. The highest BCUT2D eigenvalue weighted by Gasteiger charge is 2.36. The molecule has 21 heavy (non-hydrogen) atoms. The molecule has 0 radical (unpaired) electrons. The molecule has 4 nitrogen and oxygen atoms in total. The van der Waals surface area contributed by atoms with Crippen LogP contribution in [0.2, 0.25) is 0 Å². The van der Waals surface area contributed by atoms with Gasteiger partial charge in [-0.2, -0.15) is 0 Å². The number of piperidine rings is 1. The molecule has 0 aliphatic carbocycles.